The summed E-state index contributed by atoms with van der Waals surface area (Å²) in [6.45, 7) is 20.6. The molecule has 0 spiro atoms. The van der Waals surface area contributed by atoms with Crippen molar-refractivity contribution < 1.29 is 19.4 Å². The maximum atomic E-state index is 6.72. The van der Waals surface area contributed by atoms with Crippen LogP contribution in [0.2, 0.25) is 0 Å². The first-order valence-corrected chi connectivity index (χ1v) is 19.1. The molecule has 1 atom stereocenters. The van der Waals surface area contributed by atoms with Gasteiger partial charge in [0.2, 0.25) is 0 Å². The van der Waals surface area contributed by atoms with Crippen LogP contribution in [0.4, 0.5) is 0 Å². The zero-order valence-corrected chi connectivity index (χ0v) is 24.6. The van der Waals surface area contributed by atoms with Crippen LogP contribution in [-0.4, -0.2) is 0 Å². The van der Waals surface area contributed by atoms with E-state index in [9.17, 15) is 0 Å². The van der Waals surface area contributed by atoms with E-state index in [1.54, 1.807) is 0 Å². The predicted octanol–water partition coefficient (Wildman–Crippen LogP) is 9.67. The first kappa shape index (κ1) is 25.3. The van der Waals surface area contributed by atoms with Crippen LogP contribution in [-0.2, 0) is 30.2 Å². The van der Waals surface area contributed by atoms with Crippen LogP contribution < -0.4 is 0 Å². The number of halogens is 2. The van der Waals surface area contributed by atoms with E-state index in [0.29, 0.717) is 5.92 Å². The zero-order chi connectivity index (χ0) is 23.3. The first-order valence-electron chi connectivity index (χ1n) is 11.4. The number of benzene rings is 2. The number of hydrogen-bond acceptors (Lipinski definition) is 0. The summed E-state index contributed by atoms with van der Waals surface area (Å²) in [4.78, 5) is 0. The Morgan fingerprint density at radius 3 is 1.90 bits per heavy atom. The van der Waals surface area contributed by atoms with Crippen molar-refractivity contribution in [2.24, 2.45) is 5.92 Å². The molecule has 0 radical (unpaired) electrons. The molecular weight excluding hydrogens is 498 g/mol. The molecule has 0 saturated carbocycles. The van der Waals surface area contributed by atoms with E-state index in [4.69, 9.17) is 17.0 Å². The van der Waals surface area contributed by atoms with Gasteiger partial charge in [0.1, 0.15) is 0 Å². The molecule has 2 aromatic carbocycles. The number of rotatable bonds is 4. The molecule has 0 saturated heterocycles. The summed E-state index contributed by atoms with van der Waals surface area (Å²) in [7, 11) is 13.4. The summed E-state index contributed by atoms with van der Waals surface area (Å²) in [6.07, 6.45) is 3.49. The van der Waals surface area contributed by atoms with E-state index in [1.807, 2.05) is 0 Å². The van der Waals surface area contributed by atoms with Gasteiger partial charge in [0.15, 0.2) is 0 Å². The number of fused-ring (bicyclic) bond motifs is 1. The van der Waals surface area contributed by atoms with Gasteiger partial charge in [-0.2, -0.15) is 0 Å². The molecule has 0 heterocycles. The number of allylic oxidation sites excluding steroid dienone is 1. The molecule has 2 aromatic rings. The topological polar surface area (TPSA) is 0 Å². The average Bonchev–Trinajstić information content (AvgIpc) is 2.96. The van der Waals surface area contributed by atoms with Crippen LogP contribution in [0.5, 0.6) is 0 Å². The van der Waals surface area contributed by atoms with Crippen molar-refractivity contribution in [3.63, 3.8) is 0 Å². The van der Waals surface area contributed by atoms with Crippen molar-refractivity contribution in [2.45, 2.75) is 83.2 Å². The molecular formula is C28H37Cl2Zr. The summed E-state index contributed by atoms with van der Waals surface area (Å²) < 4.78 is 0.273. The molecule has 0 fully saturated rings. The van der Waals surface area contributed by atoms with Crippen LogP contribution >= 0.6 is 17.0 Å². The first-order chi connectivity index (χ1) is 14.2. The van der Waals surface area contributed by atoms with Gasteiger partial charge in [-0.05, 0) is 0 Å². The molecule has 3 heteroatoms. The van der Waals surface area contributed by atoms with Gasteiger partial charge >= 0.3 is 206 Å². The molecule has 0 N–H and O–H groups in total. The average molecular weight is 536 g/mol. The summed E-state index contributed by atoms with van der Waals surface area (Å²) >= 11 is -2.52. The summed E-state index contributed by atoms with van der Waals surface area (Å²) in [5, 5.41) is 0. The third kappa shape index (κ3) is 5.42. The van der Waals surface area contributed by atoms with Crippen molar-refractivity contribution in [3.8, 4) is 11.1 Å². The fraction of sp³-hybridized carbons (Fsp3) is 0.500. The Kier molecular flexibility index (Phi) is 7.43. The number of aryl methyl sites for hydroxylation is 1. The molecule has 31 heavy (non-hydrogen) atoms. The van der Waals surface area contributed by atoms with E-state index in [-0.39, 0.29) is 14.5 Å². The molecule has 0 bridgehead atoms. The Balaban J connectivity index is 2.30. The SMILES string of the molecule is Cc1ccc2c(c1-c1cc(C(C)(C)C)cc(C(C)(C)C)c1)C=C(CC(C)C)[CH]2[Zr]([Cl])[Cl]. The second kappa shape index (κ2) is 9.12. The van der Waals surface area contributed by atoms with E-state index in [0.717, 1.165) is 6.42 Å². The van der Waals surface area contributed by atoms with Gasteiger partial charge < -0.3 is 0 Å². The Morgan fingerprint density at radius 1 is 0.903 bits per heavy atom. The second-order valence-corrected chi connectivity index (χ2v) is 20.4. The number of hydrogen-bond donors (Lipinski definition) is 0. The standard InChI is InChI=1S/C28H37.2ClH.Zr/c1-18(2)12-20-13-21-11-10-19(3)26(25(21)14-20)22-15-23(27(4,5)6)17-24(16-22)28(7,8)9;;;/h10-11,13-18H,12H2,1-9H3;2*1H;/q;;;+2/p-2. The third-order valence-electron chi connectivity index (χ3n) is 6.32. The summed E-state index contributed by atoms with van der Waals surface area (Å²) in [6, 6.07) is 11.8. The van der Waals surface area contributed by atoms with Gasteiger partial charge in [-0.25, -0.2) is 0 Å². The minimum atomic E-state index is -2.52. The molecule has 1 aliphatic rings. The van der Waals surface area contributed by atoms with Crippen LogP contribution in [0, 0.1) is 12.8 Å². The van der Waals surface area contributed by atoms with Crippen LogP contribution in [0.15, 0.2) is 35.9 Å². The molecule has 1 aliphatic carbocycles. The normalized spacial score (nSPS) is 16.5. The van der Waals surface area contributed by atoms with Crippen molar-refractivity contribution in [2.75, 3.05) is 0 Å². The summed E-state index contributed by atoms with van der Waals surface area (Å²) in [5.74, 6) is 0.598. The minimum absolute atomic E-state index is 0.0935. The van der Waals surface area contributed by atoms with Crippen molar-refractivity contribution in [3.05, 3.63) is 63.7 Å². The van der Waals surface area contributed by atoms with E-state index in [2.05, 4.69) is 98.7 Å². The van der Waals surface area contributed by atoms with Crippen molar-refractivity contribution in [1.29, 1.82) is 0 Å². The van der Waals surface area contributed by atoms with Gasteiger partial charge in [-0.15, -0.1) is 0 Å². The quantitative estimate of drug-likeness (QED) is 0.366. The molecule has 0 aliphatic heterocycles. The predicted molar refractivity (Wildman–Crippen MR) is 136 cm³/mol. The van der Waals surface area contributed by atoms with Gasteiger partial charge in [0, 0.05) is 0 Å². The van der Waals surface area contributed by atoms with Crippen LogP contribution in [0.3, 0.4) is 0 Å². The van der Waals surface area contributed by atoms with Gasteiger partial charge in [-0.1, -0.05) is 0 Å². The van der Waals surface area contributed by atoms with Gasteiger partial charge in [-0.3, -0.25) is 0 Å². The van der Waals surface area contributed by atoms with Crippen molar-refractivity contribution in [1.82, 2.24) is 0 Å². The Bertz CT molecular complexity index is 969. The Labute approximate surface area is 205 Å². The molecule has 0 aromatic heterocycles. The van der Waals surface area contributed by atoms with Gasteiger partial charge in [0.25, 0.3) is 0 Å². The Morgan fingerprint density at radius 2 is 1.45 bits per heavy atom. The zero-order valence-electron chi connectivity index (χ0n) is 20.6. The van der Waals surface area contributed by atoms with Crippen LogP contribution in [0.25, 0.3) is 17.2 Å². The molecule has 167 valence electrons. The molecule has 0 nitrogen and oxygen atoms in total. The second-order valence-electron chi connectivity index (χ2n) is 11.6. The van der Waals surface area contributed by atoms with Gasteiger partial charge in [0.05, 0.1) is 0 Å². The van der Waals surface area contributed by atoms with E-state index >= 15 is 0 Å². The monoisotopic (exact) mass is 533 g/mol. The van der Waals surface area contributed by atoms with Crippen LogP contribution in [0.1, 0.15) is 93.3 Å². The molecule has 0 amide bonds. The Hall–Kier alpha value is -0.357. The summed E-state index contributed by atoms with van der Waals surface area (Å²) in [5.41, 5.74) is 11.1. The fourth-order valence-corrected chi connectivity index (χ4v) is 9.98. The molecule has 3 rings (SSSR count). The maximum absolute atomic E-state index is 6.72. The van der Waals surface area contributed by atoms with E-state index < -0.39 is 19.4 Å². The van der Waals surface area contributed by atoms with Crippen molar-refractivity contribution >= 4 is 23.1 Å². The fourth-order valence-electron chi connectivity index (χ4n) is 4.55. The molecule has 1 unspecified atom stereocenters. The third-order valence-corrected chi connectivity index (χ3v) is 11.6. The van der Waals surface area contributed by atoms with E-state index in [1.165, 1.54) is 44.5 Å².